The number of hydrogen-bond donors (Lipinski definition) is 2. The van der Waals surface area contributed by atoms with E-state index in [9.17, 15) is 5.11 Å². The fraction of sp³-hybridized carbons (Fsp3) is 0.538. The van der Waals surface area contributed by atoms with E-state index in [0.29, 0.717) is 12.6 Å². The summed E-state index contributed by atoms with van der Waals surface area (Å²) in [4.78, 5) is 0. The number of hydrogen-bond acceptors (Lipinski definition) is 3. The topological polar surface area (TPSA) is 41.5 Å². The molecule has 0 aromatic heterocycles. The number of benzene rings is 1. The van der Waals surface area contributed by atoms with E-state index in [4.69, 9.17) is 4.74 Å². The summed E-state index contributed by atoms with van der Waals surface area (Å²) in [5, 5.41) is 13.1. The summed E-state index contributed by atoms with van der Waals surface area (Å²) >= 11 is 0. The summed E-state index contributed by atoms with van der Waals surface area (Å²) in [5.74, 6) is 0.790. The first-order chi connectivity index (χ1) is 7.59. The number of ether oxygens (including phenoxy) is 1. The summed E-state index contributed by atoms with van der Waals surface area (Å²) in [6, 6.07) is 9.92. The Morgan fingerprint density at radius 3 is 2.38 bits per heavy atom. The van der Waals surface area contributed by atoms with Gasteiger partial charge in [-0.3, -0.25) is 0 Å². The quantitative estimate of drug-likeness (QED) is 0.773. The predicted molar refractivity (Wildman–Crippen MR) is 65.7 cm³/mol. The standard InChI is InChI=1S/C13H21NO2/c1-10(2)14-11(3)13(15)9-16-12-7-5-4-6-8-12/h4-8,10-11,13-15H,9H2,1-3H3/t11-,13-/m0/s1. The van der Waals surface area contributed by atoms with Gasteiger partial charge in [-0.25, -0.2) is 0 Å². The van der Waals surface area contributed by atoms with Crippen molar-refractivity contribution in [2.24, 2.45) is 0 Å². The molecule has 1 rings (SSSR count). The minimum Gasteiger partial charge on any atom is -0.491 e. The second-order valence-electron chi connectivity index (χ2n) is 4.30. The van der Waals surface area contributed by atoms with E-state index in [-0.39, 0.29) is 6.04 Å². The van der Waals surface area contributed by atoms with Gasteiger partial charge in [0.2, 0.25) is 0 Å². The maximum Gasteiger partial charge on any atom is 0.119 e. The van der Waals surface area contributed by atoms with E-state index in [0.717, 1.165) is 5.75 Å². The zero-order chi connectivity index (χ0) is 12.0. The Labute approximate surface area is 97.4 Å². The first kappa shape index (κ1) is 13.0. The second kappa shape index (κ2) is 6.51. The molecule has 0 aliphatic heterocycles. The molecule has 0 aliphatic rings. The molecule has 1 aromatic carbocycles. The van der Waals surface area contributed by atoms with Crippen molar-refractivity contribution < 1.29 is 9.84 Å². The summed E-state index contributed by atoms with van der Waals surface area (Å²) in [7, 11) is 0. The normalized spacial score (nSPS) is 14.8. The molecule has 0 spiro atoms. The van der Waals surface area contributed by atoms with Gasteiger partial charge < -0.3 is 15.2 Å². The summed E-state index contributed by atoms with van der Waals surface area (Å²) < 4.78 is 5.48. The van der Waals surface area contributed by atoms with Crippen molar-refractivity contribution in [1.29, 1.82) is 0 Å². The molecule has 2 N–H and O–H groups in total. The molecule has 0 unspecified atom stereocenters. The van der Waals surface area contributed by atoms with Gasteiger partial charge in [-0.2, -0.15) is 0 Å². The lowest BCUT2D eigenvalue weighted by atomic mass is 10.2. The van der Waals surface area contributed by atoms with E-state index in [1.54, 1.807) is 0 Å². The summed E-state index contributed by atoms with van der Waals surface area (Å²) in [6.07, 6.45) is -0.498. The molecule has 1 aromatic rings. The van der Waals surface area contributed by atoms with Crippen LogP contribution in [0.25, 0.3) is 0 Å². The highest BCUT2D eigenvalue weighted by molar-refractivity contribution is 5.20. The number of aliphatic hydroxyl groups is 1. The molecule has 0 heterocycles. The number of para-hydroxylation sites is 1. The molecule has 2 atom stereocenters. The van der Waals surface area contributed by atoms with Gasteiger partial charge in [-0.15, -0.1) is 0 Å². The van der Waals surface area contributed by atoms with Gasteiger partial charge in [-0.05, 0) is 19.1 Å². The molecule has 16 heavy (non-hydrogen) atoms. The molecule has 0 bridgehead atoms. The Balaban J connectivity index is 2.32. The van der Waals surface area contributed by atoms with Gasteiger partial charge >= 0.3 is 0 Å². The van der Waals surface area contributed by atoms with Crippen molar-refractivity contribution in [2.45, 2.75) is 39.0 Å². The lowest BCUT2D eigenvalue weighted by molar-refractivity contribution is 0.0759. The highest BCUT2D eigenvalue weighted by Crippen LogP contribution is 2.09. The maximum atomic E-state index is 9.84. The smallest absolute Gasteiger partial charge is 0.119 e. The number of aliphatic hydroxyl groups excluding tert-OH is 1. The molecule has 0 fully saturated rings. The average Bonchev–Trinajstić information content (AvgIpc) is 2.26. The van der Waals surface area contributed by atoms with E-state index in [2.05, 4.69) is 19.2 Å². The molecule has 0 saturated heterocycles. The van der Waals surface area contributed by atoms with E-state index in [1.807, 2.05) is 37.3 Å². The summed E-state index contributed by atoms with van der Waals surface area (Å²) in [5.41, 5.74) is 0. The van der Waals surface area contributed by atoms with Crippen LogP contribution in [0.1, 0.15) is 20.8 Å². The molecule has 0 saturated carbocycles. The van der Waals surface area contributed by atoms with Gasteiger partial charge in [0, 0.05) is 12.1 Å². The lowest BCUT2D eigenvalue weighted by Crippen LogP contribution is -2.43. The zero-order valence-electron chi connectivity index (χ0n) is 10.2. The van der Waals surface area contributed by atoms with Crippen LogP contribution in [0, 0.1) is 0 Å². The zero-order valence-corrected chi connectivity index (χ0v) is 10.2. The van der Waals surface area contributed by atoms with Crippen LogP contribution in [0.5, 0.6) is 5.75 Å². The van der Waals surface area contributed by atoms with Crippen LogP contribution in [0.15, 0.2) is 30.3 Å². The molecule has 3 nitrogen and oxygen atoms in total. The first-order valence-corrected chi connectivity index (χ1v) is 5.71. The molecule has 0 amide bonds. The van der Waals surface area contributed by atoms with Crippen LogP contribution in [0.4, 0.5) is 0 Å². The van der Waals surface area contributed by atoms with Crippen LogP contribution < -0.4 is 10.1 Å². The van der Waals surface area contributed by atoms with E-state index in [1.165, 1.54) is 0 Å². The maximum absolute atomic E-state index is 9.84. The van der Waals surface area contributed by atoms with E-state index < -0.39 is 6.10 Å². The van der Waals surface area contributed by atoms with Crippen molar-refractivity contribution >= 4 is 0 Å². The monoisotopic (exact) mass is 223 g/mol. The minimum atomic E-state index is -0.498. The van der Waals surface area contributed by atoms with Gasteiger partial charge in [0.1, 0.15) is 18.5 Å². The van der Waals surface area contributed by atoms with Crippen molar-refractivity contribution in [3.8, 4) is 5.75 Å². The van der Waals surface area contributed by atoms with Gasteiger partial charge in [-0.1, -0.05) is 32.0 Å². The van der Waals surface area contributed by atoms with Crippen LogP contribution in [-0.4, -0.2) is 29.9 Å². The molecule has 0 aliphatic carbocycles. The molecular formula is C13H21NO2. The van der Waals surface area contributed by atoms with Crippen molar-refractivity contribution in [1.82, 2.24) is 5.32 Å². The fourth-order valence-electron chi connectivity index (χ4n) is 1.48. The average molecular weight is 223 g/mol. The predicted octanol–water partition coefficient (Wildman–Crippen LogP) is 1.81. The molecule has 90 valence electrons. The third-order valence-electron chi connectivity index (χ3n) is 2.34. The highest BCUT2D eigenvalue weighted by atomic mass is 16.5. The molecule has 3 heteroatoms. The van der Waals surface area contributed by atoms with Gasteiger partial charge in [0.15, 0.2) is 0 Å². The van der Waals surface area contributed by atoms with Gasteiger partial charge in [0.05, 0.1) is 0 Å². The lowest BCUT2D eigenvalue weighted by Gasteiger charge is -2.22. The SMILES string of the molecule is CC(C)N[C@@H](C)[C@@H](O)COc1ccccc1. The first-order valence-electron chi connectivity index (χ1n) is 5.71. The van der Waals surface area contributed by atoms with Crippen molar-refractivity contribution in [3.05, 3.63) is 30.3 Å². The Bertz CT molecular complexity index is 287. The number of nitrogens with one attached hydrogen (secondary N) is 1. The number of rotatable bonds is 6. The van der Waals surface area contributed by atoms with E-state index >= 15 is 0 Å². The van der Waals surface area contributed by atoms with Crippen molar-refractivity contribution in [2.75, 3.05) is 6.61 Å². The third-order valence-corrected chi connectivity index (χ3v) is 2.34. The largest absolute Gasteiger partial charge is 0.491 e. The Hall–Kier alpha value is -1.06. The van der Waals surface area contributed by atoms with Crippen molar-refractivity contribution in [3.63, 3.8) is 0 Å². The van der Waals surface area contributed by atoms with Crippen LogP contribution in [0.3, 0.4) is 0 Å². The van der Waals surface area contributed by atoms with Gasteiger partial charge in [0.25, 0.3) is 0 Å². The van der Waals surface area contributed by atoms with Crippen LogP contribution in [-0.2, 0) is 0 Å². The summed E-state index contributed by atoms with van der Waals surface area (Å²) in [6.45, 7) is 6.38. The highest BCUT2D eigenvalue weighted by Gasteiger charge is 2.15. The Kier molecular flexibility index (Phi) is 5.29. The molecular weight excluding hydrogens is 202 g/mol. The second-order valence-corrected chi connectivity index (χ2v) is 4.30. The Morgan fingerprint density at radius 1 is 1.19 bits per heavy atom. The third kappa shape index (κ3) is 4.64. The van der Waals surface area contributed by atoms with Crippen LogP contribution >= 0.6 is 0 Å². The molecule has 0 radical (unpaired) electrons. The fourth-order valence-corrected chi connectivity index (χ4v) is 1.48. The minimum absolute atomic E-state index is 0.0312. The Morgan fingerprint density at radius 2 is 1.81 bits per heavy atom. The van der Waals surface area contributed by atoms with Crippen LogP contribution in [0.2, 0.25) is 0 Å².